The van der Waals surface area contributed by atoms with E-state index in [0.717, 1.165) is 23.5 Å². The molecule has 1 aliphatic heterocycles. The molecule has 1 aromatic heterocycles. The molecule has 1 atom stereocenters. The highest BCUT2D eigenvalue weighted by molar-refractivity contribution is 5.43. The van der Waals surface area contributed by atoms with E-state index in [0.29, 0.717) is 31.6 Å². The molecule has 2 heterocycles. The molecule has 1 unspecified atom stereocenters. The zero-order chi connectivity index (χ0) is 12.5. The summed E-state index contributed by atoms with van der Waals surface area (Å²) in [5.74, 6) is 1.89. The Morgan fingerprint density at radius 1 is 1.44 bits per heavy atom. The van der Waals surface area contributed by atoms with Gasteiger partial charge >= 0.3 is 0 Å². The molecule has 2 N–H and O–H groups in total. The molecule has 1 saturated carbocycles. The van der Waals surface area contributed by atoms with E-state index in [9.17, 15) is 0 Å². The molecule has 98 valence electrons. The van der Waals surface area contributed by atoms with Crippen molar-refractivity contribution in [3.05, 3.63) is 17.1 Å². The van der Waals surface area contributed by atoms with Crippen LogP contribution in [-0.4, -0.2) is 23.2 Å². The molecule has 18 heavy (non-hydrogen) atoms. The van der Waals surface area contributed by atoms with Crippen LogP contribution in [0.15, 0.2) is 0 Å². The molecule has 0 amide bonds. The average Bonchev–Trinajstić information content (AvgIpc) is 3.20. The van der Waals surface area contributed by atoms with Crippen molar-refractivity contribution in [2.24, 2.45) is 5.92 Å². The lowest BCUT2D eigenvalue weighted by Gasteiger charge is -2.21. The second-order valence-corrected chi connectivity index (χ2v) is 4.91. The van der Waals surface area contributed by atoms with Gasteiger partial charge in [0, 0.05) is 18.6 Å². The quantitative estimate of drug-likeness (QED) is 0.878. The van der Waals surface area contributed by atoms with Crippen LogP contribution in [0.2, 0.25) is 0 Å². The van der Waals surface area contributed by atoms with Crippen molar-refractivity contribution < 1.29 is 9.47 Å². The first-order valence-corrected chi connectivity index (χ1v) is 6.64. The van der Waals surface area contributed by atoms with Crippen LogP contribution in [0, 0.1) is 5.92 Å². The van der Waals surface area contributed by atoms with Gasteiger partial charge in [0.15, 0.2) is 5.82 Å². The average molecular weight is 249 g/mol. The Morgan fingerprint density at radius 2 is 2.28 bits per heavy atom. The lowest BCUT2D eigenvalue weighted by molar-refractivity contribution is 0.0393. The lowest BCUT2D eigenvalue weighted by Crippen LogP contribution is -2.20. The van der Waals surface area contributed by atoms with Gasteiger partial charge in [-0.25, -0.2) is 9.97 Å². The lowest BCUT2D eigenvalue weighted by atomic mass is 10.1. The summed E-state index contributed by atoms with van der Waals surface area (Å²) in [5, 5.41) is 0. The Hall–Kier alpha value is -1.20. The van der Waals surface area contributed by atoms with Gasteiger partial charge in [0.25, 0.3) is 0 Å². The van der Waals surface area contributed by atoms with Crippen LogP contribution in [0.5, 0.6) is 0 Å². The van der Waals surface area contributed by atoms with Gasteiger partial charge < -0.3 is 15.2 Å². The third-order valence-corrected chi connectivity index (χ3v) is 3.52. The van der Waals surface area contributed by atoms with Gasteiger partial charge in [-0.15, -0.1) is 0 Å². The summed E-state index contributed by atoms with van der Waals surface area (Å²) in [4.78, 5) is 9.09. The summed E-state index contributed by atoms with van der Waals surface area (Å²) >= 11 is 0. The second-order valence-electron chi connectivity index (χ2n) is 4.91. The molecule has 0 aromatic carbocycles. The highest BCUT2D eigenvalue weighted by Crippen LogP contribution is 2.42. The van der Waals surface area contributed by atoms with Crippen molar-refractivity contribution in [3.8, 4) is 0 Å². The van der Waals surface area contributed by atoms with Crippen LogP contribution in [0.4, 0.5) is 5.82 Å². The normalized spacial score (nSPS) is 20.5. The van der Waals surface area contributed by atoms with Crippen LogP contribution >= 0.6 is 0 Å². The van der Waals surface area contributed by atoms with Gasteiger partial charge in [0.2, 0.25) is 0 Å². The fourth-order valence-electron chi connectivity index (χ4n) is 2.40. The van der Waals surface area contributed by atoms with Crippen LogP contribution in [0.25, 0.3) is 0 Å². The number of ether oxygens (including phenoxy) is 2. The molecule has 2 aliphatic rings. The van der Waals surface area contributed by atoms with Gasteiger partial charge in [-0.3, -0.25) is 0 Å². The van der Waals surface area contributed by atoms with E-state index in [-0.39, 0.29) is 6.10 Å². The number of fused-ring (bicyclic) bond motifs is 1. The van der Waals surface area contributed by atoms with E-state index in [4.69, 9.17) is 15.2 Å². The predicted octanol–water partition coefficient (Wildman–Crippen LogP) is 1.62. The van der Waals surface area contributed by atoms with Crippen molar-refractivity contribution in [3.63, 3.8) is 0 Å². The largest absolute Gasteiger partial charge is 0.383 e. The molecule has 1 aliphatic carbocycles. The van der Waals surface area contributed by atoms with Crippen molar-refractivity contribution in [1.82, 2.24) is 9.97 Å². The monoisotopic (exact) mass is 249 g/mol. The van der Waals surface area contributed by atoms with E-state index in [1.54, 1.807) is 0 Å². The molecule has 5 heteroatoms. The van der Waals surface area contributed by atoms with Gasteiger partial charge in [-0.1, -0.05) is 0 Å². The Morgan fingerprint density at radius 3 is 3.00 bits per heavy atom. The third kappa shape index (κ3) is 2.20. The number of anilines is 1. The highest BCUT2D eigenvalue weighted by atomic mass is 16.5. The first-order chi connectivity index (χ1) is 8.79. The zero-order valence-electron chi connectivity index (χ0n) is 10.7. The molecular weight excluding hydrogens is 230 g/mol. The van der Waals surface area contributed by atoms with E-state index >= 15 is 0 Å². The first-order valence-electron chi connectivity index (χ1n) is 6.64. The van der Waals surface area contributed by atoms with Gasteiger partial charge in [0.05, 0.1) is 18.9 Å². The van der Waals surface area contributed by atoms with Crippen molar-refractivity contribution in [2.45, 2.75) is 38.9 Å². The topological polar surface area (TPSA) is 70.3 Å². The number of nitrogens with two attached hydrogens (primary N) is 1. The number of rotatable bonds is 4. The van der Waals surface area contributed by atoms with Crippen molar-refractivity contribution >= 4 is 5.82 Å². The molecule has 0 radical (unpaired) electrons. The van der Waals surface area contributed by atoms with Crippen LogP contribution in [0.3, 0.4) is 0 Å². The summed E-state index contributed by atoms with van der Waals surface area (Å²) in [6, 6.07) is 0. The van der Waals surface area contributed by atoms with E-state index in [1.165, 1.54) is 12.8 Å². The molecule has 1 aromatic rings. The molecule has 0 spiro atoms. The van der Waals surface area contributed by atoms with Gasteiger partial charge in [-0.2, -0.15) is 0 Å². The predicted molar refractivity (Wildman–Crippen MR) is 66.9 cm³/mol. The maximum absolute atomic E-state index is 6.01. The maximum atomic E-state index is 6.01. The summed E-state index contributed by atoms with van der Waals surface area (Å²) in [6.45, 7) is 3.94. The van der Waals surface area contributed by atoms with E-state index in [2.05, 4.69) is 9.97 Å². The van der Waals surface area contributed by atoms with Crippen LogP contribution in [-0.2, 0) is 22.5 Å². The van der Waals surface area contributed by atoms with Crippen LogP contribution < -0.4 is 5.73 Å². The fraction of sp³-hybridized carbons (Fsp3) is 0.692. The zero-order valence-corrected chi connectivity index (χ0v) is 10.7. The molecule has 1 fully saturated rings. The number of hydrogen-bond donors (Lipinski definition) is 1. The molecule has 0 saturated heterocycles. The van der Waals surface area contributed by atoms with E-state index in [1.807, 2.05) is 6.92 Å². The summed E-state index contributed by atoms with van der Waals surface area (Å²) < 4.78 is 11.2. The van der Waals surface area contributed by atoms with Gasteiger partial charge in [-0.05, 0) is 25.7 Å². The molecule has 5 nitrogen and oxygen atoms in total. The summed E-state index contributed by atoms with van der Waals surface area (Å²) in [7, 11) is 0. The smallest absolute Gasteiger partial charge is 0.160 e. The SMILES string of the molecule is CCOC(c1nc(N)c2c(n1)CCOC2)C1CC1. The summed E-state index contributed by atoms with van der Waals surface area (Å²) in [5.41, 5.74) is 8.00. The highest BCUT2D eigenvalue weighted by Gasteiger charge is 2.35. The van der Waals surface area contributed by atoms with Gasteiger partial charge in [0.1, 0.15) is 11.9 Å². The Bertz CT molecular complexity index is 446. The molecular formula is C13H19N3O2. The molecule has 0 bridgehead atoms. The standard InChI is InChI=1S/C13H19N3O2/c1-2-18-11(8-3-4-8)13-15-10-5-6-17-7-9(10)12(14)16-13/h8,11H,2-7H2,1H3,(H2,14,15,16). The van der Waals surface area contributed by atoms with E-state index < -0.39 is 0 Å². The number of hydrogen-bond acceptors (Lipinski definition) is 5. The minimum atomic E-state index is 0.0189. The number of nitrogen functional groups attached to an aromatic ring is 1. The fourth-order valence-corrected chi connectivity index (χ4v) is 2.40. The first kappa shape index (κ1) is 11.9. The van der Waals surface area contributed by atoms with Crippen molar-refractivity contribution in [2.75, 3.05) is 18.9 Å². The molecule has 3 rings (SSSR count). The van der Waals surface area contributed by atoms with Crippen LogP contribution in [0.1, 0.15) is 43.0 Å². The minimum absolute atomic E-state index is 0.0189. The summed E-state index contributed by atoms with van der Waals surface area (Å²) in [6.07, 6.45) is 3.24. The number of nitrogens with zero attached hydrogens (tertiary/aromatic N) is 2. The Labute approximate surface area is 107 Å². The number of aromatic nitrogens is 2. The Balaban J connectivity index is 1.93. The second kappa shape index (κ2) is 4.82. The van der Waals surface area contributed by atoms with Crippen molar-refractivity contribution in [1.29, 1.82) is 0 Å². The Kier molecular flexibility index (Phi) is 3.18. The third-order valence-electron chi connectivity index (χ3n) is 3.52. The maximum Gasteiger partial charge on any atom is 0.160 e. The minimum Gasteiger partial charge on any atom is -0.383 e.